The van der Waals surface area contributed by atoms with E-state index >= 15 is 0 Å². The highest BCUT2D eigenvalue weighted by Gasteiger charge is 2.24. The van der Waals surface area contributed by atoms with Crippen molar-refractivity contribution in [2.75, 3.05) is 11.6 Å². The van der Waals surface area contributed by atoms with E-state index in [-0.39, 0.29) is 31.4 Å². The number of carbonyl (C=O) groups excluding carboxylic acids is 3. The van der Waals surface area contributed by atoms with Gasteiger partial charge in [-0.3, -0.25) is 29.2 Å². The quantitative estimate of drug-likeness (QED) is 0.166. The summed E-state index contributed by atoms with van der Waals surface area (Å²) in [5.41, 5.74) is 5.51. The number of amides is 3. The van der Waals surface area contributed by atoms with E-state index in [1.54, 1.807) is 12.1 Å². The second-order valence-electron chi connectivity index (χ2n) is 6.44. The van der Waals surface area contributed by atoms with Gasteiger partial charge in [0.25, 0.3) is 5.91 Å². The maximum absolute atomic E-state index is 12.2. The van der Waals surface area contributed by atoms with Gasteiger partial charge in [0.15, 0.2) is 0 Å². The molecule has 0 bridgehead atoms. The topological polar surface area (TPSA) is 199 Å². The number of nitrogens with two attached hydrogens (primary N) is 1. The molecular formula is C18H23BrN4O8. The molecule has 0 spiro atoms. The molecule has 12 nitrogen and oxygen atoms in total. The summed E-state index contributed by atoms with van der Waals surface area (Å²) in [4.78, 5) is 57.9. The summed E-state index contributed by atoms with van der Waals surface area (Å²) < 4.78 is 0.734. The molecule has 0 fully saturated rings. The fraction of sp³-hybridized carbons (Fsp3) is 0.389. The van der Waals surface area contributed by atoms with Crippen LogP contribution in [0.2, 0.25) is 0 Å². The standard InChI is InChI=1S/C18H23BrN4O8/c19-10-1-3-11(4-2-10)23(31)15(25)8-6-13(17(28)21-9-16(26)27)22-14(24)7-5-12(20)18(29)30/h1-4,12-13,31H,5-9,20H2,(H,21,28)(H,22,24)(H,26,27)(H,29,30)/t12-,13+/m0/s1. The van der Waals surface area contributed by atoms with Crippen LogP contribution >= 0.6 is 15.9 Å². The Morgan fingerprint density at radius 3 is 2.19 bits per heavy atom. The molecule has 31 heavy (non-hydrogen) atoms. The van der Waals surface area contributed by atoms with Crippen LogP contribution in [0.1, 0.15) is 25.7 Å². The Labute approximate surface area is 185 Å². The summed E-state index contributed by atoms with van der Waals surface area (Å²) in [6, 6.07) is 3.63. The van der Waals surface area contributed by atoms with E-state index in [0.29, 0.717) is 5.06 Å². The third-order valence-electron chi connectivity index (χ3n) is 4.02. The Morgan fingerprint density at radius 2 is 1.65 bits per heavy atom. The number of anilines is 1. The smallest absolute Gasteiger partial charge is 0.322 e. The first kappa shape index (κ1) is 26.0. The first-order valence-electron chi connectivity index (χ1n) is 9.06. The highest BCUT2D eigenvalue weighted by atomic mass is 79.9. The van der Waals surface area contributed by atoms with Gasteiger partial charge < -0.3 is 26.6 Å². The average molecular weight is 503 g/mol. The number of aliphatic carboxylic acids is 2. The van der Waals surface area contributed by atoms with Gasteiger partial charge in [-0.05, 0) is 37.1 Å². The number of halogens is 1. The van der Waals surface area contributed by atoms with Crippen LogP contribution in [-0.2, 0) is 24.0 Å². The monoisotopic (exact) mass is 502 g/mol. The summed E-state index contributed by atoms with van der Waals surface area (Å²) in [5.74, 6) is -4.91. The van der Waals surface area contributed by atoms with E-state index in [1.807, 2.05) is 0 Å². The number of hydroxylamine groups is 1. The van der Waals surface area contributed by atoms with Crippen molar-refractivity contribution in [3.63, 3.8) is 0 Å². The molecule has 3 amide bonds. The third-order valence-corrected chi connectivity index (χ3v) is 4.55. The van der Waals surface area contributed by atoms with E-state index < -0.39 is 48.3 Å². The zero-order valence-corrected chi connectivity index (χ0v) is 17.9. The molecular weight excluding hydrogens is 480 g/mol. The minimum absolute atomic E-state index is 0.183. The van der Waals surface area contributed by atoms with Gasteiger partial charge in [-0.25, -0.2) is 0 Å². The van der Waals surface area contributed by atoms with Crippen molar-refractivity contribution in [3.05, 3.63) is 28.7 Å². The molecule has 1 aromatic rings. The number of carboxylic acids is 2. The number of hydrogen-bond donors (Lipinski definition) is 6. The second kappa shape index (κ2) is 12.6. The summed E-state index contributed by atoms with van der Waals surface area (Å²) in [6.45, 7) is -0.700. The molecule has 0 radical (unpaired) electrons. The van der Waals surface area contributed by atoms with Crippen molar-refractivity contribution in [1.29, 1.82) is 0 Å². The first-order chi connectivity index (χ1) is 14.5. The molecule has 0 saturated heterocycles. The molecule has 7 N–H and O–H groups in total. The Morgan fingerprint density at radius 1 is 1.03 bits per heavy atom. The van der Waals surface area contributed by atoms with Gasteiger partial charge in [-0.15, -0.1) is 0 Å². The van der Waals surface area contributed by atoms with Crippen molar-refractivity contribution >= 4 is 51.3 Å². The SMILES string of the molecule is N[C@@H](CCC(=O)N[C@H](CCC(=O)N(O)c1ccc(Br)cc1)C(=O)NCC(=O)O)C(=O)O. The zero-order chi connectivity index (χ0) is 23.6. The number of carbonyl (C=O) groups is 5. The van der Waals surface area contributed by atoms with Crippen LogP contribution in [0.4, 0.5) is 5.69 Å². The van der Waals surface area contributed by atoms with E-state index in [4.69, 9.17) is 15.9 Å². The lowest BCUT2D eigenvalue weighted by molar-refractivity contribution is -0.139. The van der Waals surface area contributed by atoms with Crippen LogP contribution in [0.25, 0.3) is 0 Å². The molecule has 0 aliphatic rings. The fourth-order valence-electron chi connectivity index (χ4n) is 2.33. The van der Waals surface area contributed by atoms with Gasteiger partial charge >= 0.3 is 11.9 Å². The Hall–Kier alpha value is -3.03. The molecule has 0 aliphatic heterocycles. The molecule has 0 aromatic heterocycles. The van der Waals surface area contributed by atoms with Crippen LogP contribution < -0.4 is 21.4 Å². The van der Waals surface area contributed by atoms with E-state index in [0.717, 1.165) is 4.47 Å². The Balaban J connectivity index is 2.74. The lowest BCUT2D eigenvalue weighted by atomic mass is 10.1. The van der Waals surface area contributed by atoms with E-state index in [2.05, 4.69) is 26.6 Å². The van der Waals surface area contributed by atoms with Gasteiger partial charge in [0.1, 0.15) is 18.6 Å². The molecule has 0 heterocycles. The lowest BCUT2D eigenvalue weighted by Crippen LogP contribution is -2.48. The van der Waals surface area contributed by atoms with Gasteiger partial charge in [0.2, 0.25) is 11.8 Å². The third kappa shape index (κ3) is 9.55. The summed E-state index contributed by atoms with van der Waals surface area (Å²) in [7, 11) is 0. The highest BCUT2D eigenvalue weighted by Crippen LogP contribution is 2.18. The van der Waals surface area contributed by atoms with Crippen LogP contribution in [0.15, 0.2) is 28.7 Å². The lowest BCUT2D eigenvalue weighted by Gasteiger charge is -2.20. The predicted molar refractivity (Wildman–Crippen MR) is 110 cm³/mol. The van der Waals surface area contributed by atoms with Crippen molar-refractivity contribution in [2.45, 2.75) is 37.8 Å². The molecule has 0 unspecified atom stereocenters. The minimum atomic E-state index is -1.31. The van der Waals surface area contributed by atoms with Gasteiger partial charge in [0, 0.05) is 17.3 Å². The number of nitrogens with one attached hydrogen (secondary N) is 2. The van der Waals surface area contributed by atoms with Gasteiger partial charge in [0.05, 0.1) is 5.69 Å². The summed E-state index contributed by atoms with van der Waals surface area (Å²) in [6.07, 6.45) is -1.08. The van der Waals surface area contributed by atoms with Crippen LogP contribution in [-0.4, -0.2) is 63.7 Å². The van der Waals surface area contributed by atoms with Crippen LogP contribution in [0, 0.1) is 0 Å². The van der Waals surface area contributed by atoms with E-state index in [1.165, 1.54) is 12.1 Å². The van der Waals surface area contributed by atoms with Crippen molar-refractivity contribution in [1.82, 2.24) is 10.6 Å². The first-order valence-corrected chi connectivity index (χ1v) is 9.85. The molecule has 170 valence electrons. The highest BCUT2D eigenvalue weighted by molar-refractivity contribution is 9.10. The predicted octanol–water partition coefficient (Wildman–Crippen LogP) is -0.171. The number of benzene rings is 1. The Bertz CT molecular complexity index is 817. The van der Waals surface area contributed by atoms with Crippen LogP contribution in [0.5, 0.6) is 0 Å². The minimum Gasteiger partial charge on any atom is -0.480 e. The summed E-state index contributed by atoms with van der Waals surface area (Å²) in [5, 5.41) is 32.3. The second-order valence-corrected chi connectivity index (χ2v) is 7.35. The molecule has 2 atom stereocenters. The molecule has 0 saturated carbocycles. The van der Waals surface area contributed by atoms with Gasteiger partial charge in [-0.2, -0.15) is 5.06 Å². The van der Waals surface area contributed by atoms with Crippen LogP contribution in [0.3, 0.4) is 0 Å². The maximum atomic E-state index is 12.2. The van der Waals surface area contributed by atoms with Crippen molar-refractivity contribution in [3.8, 4) is 0 Å². The number of nitrogens with zero attached hydrogens (tertiary/aromatic N) is 1. The molecule has 13 heteroatoms. The number of hydrogen-bond acceptors (Lipinski definition) is 7. The average Bonchev–Trinajstić information content (AvgIpc) is 2.72. The van der Waals surface area contributed by atoms with Crippen molar-refractivity contribution < 1.29 is 39.4 Å². The number of carboxylic acid groups (broad SMARTS) is 2. The zero-order valence-electron chi connectivity index (χ0n) is 16.3. The van der Waals surface area contributed by atoms with E-state index in [9.17, 15) is 29.2 Å². The molecule has 1 aromatic carbocycles. The normalized spacial score (nSPS) is 12.4. The van der Waals surface area contributed by atoms with Gasteiger partial charge in [-0.1, -0.05) is 15.9 Å². The Kier molecular flexibility index (Phi) is 10.6. The fourth-order valence-corrected chi connectivity index (χ4v) is 2.60. The molecule has 1 rings (SSSR count). The molecule has 0 aliphatic carbocycles. The van der Waals surface area contributed by atoms with Crippen molar-refractivity contribution in [2.24, 2.45) is 5.73 Å². The maximum Gasteiger partial charge on any atom is 0.322 e. The number of rotatable bonds is 12. The summed E-state index contributed by atoms with van der Waals surface area (Å²) >= 11 is 3.22. The largest absolute Gasteiger partial charge is 0.480 e.